The van der Waals surface area contributed by atoms with Crippen LogP contribution in [0.3, 0.4) is 0 Å². The van der Waals surface area contributed by atoms with Crippen LogP contribution < -0.4 is 10.5 Å². The highest BCUT2D eigenvalue weighted by atomic mass is 16.5. The summed E-state index contributed by atoms with van der Waals surface area (Å²) >= 11 is 0. The lowest BCUT2D eigenvalue weighted by molar-refractivity contribution is -0.119. The summed E-state index contributed by atoms with van der Waals surface area (Å²) in [4.78, 5) is 11.9. The third-order valence-corrected chi connectivity index (χ3v) is 8.47. The van der Waals surface area contributed by atoms with Gasteiger partial charge in [0.05, 0.1) is 0 Å². The van der Waals surface area contributed by atoms with Gasteiger partial charge < -0.3 is 25.8 Å². The fourth-order valence-electron chi connectivity index (χ4n) is 6.58. The van der Waals surface area contributed by atoms with Crippen molar-refractivity contribution in [2.75, 3.05) is 6.61 Å². The van der Waals surface area contributed by atoms with Gasteiger partial charge in [-0.1, -0.05) is 83.4 Å². The van der Waals surface area contributed by atoms with Crippen molar-refractivity contribution in [3.05, 3.63) is 140 Å². The summed E-state index contributed by atoms with van der Waals surface area (Å²) in [7, 11) is 0. The van der Waals surface area contributed by atoms with E-state index in [0.29, 0.717) is 64.8 Å². The van der Waals surface area contributed by atoms with Crippen molar-refractivity contribution < 1.29 is 24.9 Å². The van der Waals surface area contributed by atoms with Gasteiger partial charge in [0.25, 0.3) is 5.91 Å². The molecule has 1 aliphatic rings. The minimum Gasteiger partial charge on any atom is -0.507 e. The topological polar surface area (TPSA) is 113 Å². The van der Waals surface area contributed by atoms with Crippen LogP contribution in [0.1, 0.15) is 61.2 Å². The zero-order valence-corrected chi connectivity index (χ0v) is 25.8. The number of carbonyl (C=O) groups excluding carboxylic acids is 1. The molecule has 0 saturated carbocycles. The number of amides is 1. The Hall–Kier alpha value is -5.23. The third-order valence-electron chi connectivity index (χ3n) is 8.47. The van der Waals surface area contributed by atoms with Crippen molar-refractivity contribution in [1.82, 2.24) is 0 Å². The molecule has 5 N–H and O–H groups in total. The van der Waals surface area contributed by atoms with Crippen LogP contribution in [0.4, 0.5) is 0 Å². The molecule has 0 heterocycles. The quantitative estimate of drug-likeness (QED) is 0.175. The fraction of sp³-hybridized carbons (Fsp3) is 0.205. The summed E-state index contributed by atoms with van der Waals surface area (Å²) < 4.78 is 6.14. The van der Waals surface area contributed by atoms with E-state index < -0.39 is 5.91 Å². The summed E-state index contributed by atoms with van der Waals surface area (Å²) in [5.41, 5.74) is 16.2. The molecule has 0 saturated heterocycles. The van der Waals surface area contributed by atoms with Crippen LogP contribution in [0.2, 0.25) is 0 Å². The maximum Gasteiger partial charge on any atom is 0.255 e. The van der Waals surface area contributed by atoms with Crippen LogP contribution in [-0.2, 0) is 30.5 Å². The Morgan fingerprint density at radius 2 is 0.933 bits per heavy atom. The first-order valence-electron chi connectivity index (χ1n) is 15.1. The molecular formula is C39H37NO5. The Kier molecular flexibility index (Phi) is 7.98. The Bertz CT molecular complexity index is 1840. The number of carbonyl (C=O) groups is 1. The number of rotatable bonds is 4. The van der Waals surface area contributed by atoms with Crippen molar-refractivity contribution in [3.63, 3.8) is 0 Å². The number of fused-ring (bicyclic) bond motifs is 8. The zero-order chi connectivity index (χ0) is 31.8. The molecular weight excluding hydrogens is 562 g/mol. The molecule has 6 nitrogen and oxygen atoms in total. The Labute approximate surface area is 263 Å². The van der Waals surface area contributed by atoms with Gasteiger partial charge in [-0.05, 0) is 88.5 Å². The van der Waals surface area contributed by atoms with Crippen LogP contribution in [0.25, 0.3) is 11.1 Å². The maximum absolute atomic E-state index is 11.9. The Morgan fingerprint density at radius 3 is 1.29 bits per heavy atom. The third kappa shape index (κ3) is 6.22. The molecule has 228 valence electrons. The first-order valence-corrected chi connectivity index (χ1v) is 15.1. The van der Waals surface area contributed by atoms with Gasteiger partial charge in [-0.2, -0.15) is 0 Å². The summed E-state index contributed by atoms with van der Waals surface area (Å²) in [5, 5.41) is 34.7. The number of hydrogen-bond acceptors (Lipinski definition) is 5. The number of phenols is 3. The normalized spacial score (nSPS) is 12.5. The fourth-order valence-corrected chi connectivity index (χ4v) is 6.58. The van der Waals surface area contributed by atoms with Gasteiger partial charge in [0, 0.05) is 25.7 Å². The first-order chi connectivity index (χ1) is 21.5. The number of phenolic OH excluding ortho intramolecular Hbond substituents is 3. The number of ether oxygens (including phenoxy) is 1. The van der Waals surface area contributed by atoms with Gasteiger partial charge >= 0.3 is 0 Å². The molecule has 0 spiro atoms. The van der Waals surface area contributed by atoms with Gasteiger partial charge in [0.15, 0.2) is 6.61 Å². The smallest absolute Gasteiger partial charge is 0.255 e. The molecule has 0 unspecified atom stereocenters. The molecule has 0 radical (unpaired) electrons. The highest BCUT2D eigenvalue weighted by molar-refractivity contribution is 5.76. The average molecular weight is 600 g/mol. The highest BCUT2D eigenvalue weighted by Gasteiger charge is 2.22. The molecule has 8 bridgehead atoms. The van der Waals surface area contributed by atoms with Gasteiger partial charge in [-0.25, -0.2) is 0 Å². The van der Waals surface area contributed by atoms with E-state index in [4.69, 9.17) is 10.5 Å². The summed E-state index contributed by atoms with van der Waals surface area (Å²) in [5.74, 6) is 0.377. The van der Waals surface area contributed by atoms with Crippen LogP contribution in [0, 0.1) is 20.8 Å². The minimum atomic E-state index is -0.598. The number of primary amides is 1. The number of aromatic hydroxyl groups is 3. The molecule has 5 aromatic carbocycles. The van der Waals surface area contributed by atoms with E-state index >= 15 is 0 Å². The number of hydrogen-bond donors (Lipinski definition) is 4. The Balaban J connectivity index is 1.65. The van der Waals surface area contributed by atoms with Crippen LogP contribution in [0.5, 0.6) is 23.0 Å². The summed E-state index contributed by atoms with van der Waals surface area (Å²) in [6.07, 6.45) is 1.29. The highest BCUT2D eigenvalue weighted by Crippen LogP contribution is 2.40. The summed E-state index contributed by atoms with van der Waals surface area (Å²) in [6, 6.07) is 25.7. The SMILES string of the molecule is Cc1cc2c(O)c(c1)Cc1cc(C)cc(c1O)Cc1cc(-c3ccccc3)cc(c1OCC(N)=O)Cc1cc(C)cc(c1O)C2. The lowest BCUT2D eigenvalue weighted by atomic mass is 9.88. The predicted octanol–water partition coefficient (Wildman–Crippen LogP) is 6.94. The lowest BCUT2D eigenvalue weighted by Crippen LogP contribution is -2.21. The van der Waals surface area contributed by atoms with E-state index in [1.165, 1.54) is 0 Å². The molecule has 0 aliphatic heterocycles. The average Bonchev–Trinajstić information content (AvgIpc) is 2.99. The molecule has 5 aromatic rings. The molecule has 1 amide bonds. The Morgan fingerprint density at radius 1 is 0.578 bits per heavy atom. The van der Waals surface area contributed by atoms with E-state index in [0.717, 1.165) is 38.9 Å². The molecule has 0 atom stereocenters. The van der Waals surface area contributed by atoms with Gasteiger partial charge in [-0.3, -0.25) is 4.79 Å². The molecule has 45 heavy (non-hydrogen) atoms. The molecule has 6 heteroatoms. The van der Waals surface area contributed by atoms with Crippen molar-refractivity contribution in [2.24, 2.45) is 5.73 Å². The van der Waals surface area contributed by atoms with Crippen molar-refractivity contribution in [3.8, 4) is 34.1 Å². The molecule has 6 rings (SSSR count). The van der Waals surface area contributed by atoms with Gasteiger partial charge in [-0.15, -0.1) is 0 Å². The number of aryl methyl sites for hydroxylation is 3. The monoisotopic (exact) mass is 599 g/mol. The number of nitrogens with two attached hydrogens (primary N) is 1. The second kappa shape index (κ2) is 12.0. The number of benzene rings is 5. The van der Waals surface area contributed by atoms with Crippen molar-refractivity contribution in [2.45, 2.75) is 46.5 Å². The van der Waals surface area contributed by atoms with Crippen molar-refractivity contribution >= 4 is 5.91 Å². The van der Waals surface area contributed by atoms with Crippen LogP contribution in [0.15, 0.2) is 78.9 Å². The van der Waals surface area contributed by atoms with E-state index in [-0.39, 0.29) is 23.9 Å². The van der Waals surface area contributed by atoms with E-state index in [1.807, 2.05) is 99.6 Å². The molecule has 0 aromatic heterocycles. The van der Waals surface area contributed by atoms with E-state index in [9.17, 15) is 20.1 Å². The van der Waals surface area contributed by atoms with Gasteiger partial charge in [0.2, 0.25) is 0 Å². The van der Waals surface area contributed by atoms with Gasteiger partial charge in [0.1, 0.15) is 23.0 Å². The first kappa shape index (κ1) is 29.8. The van der Waals surface area contributed by atoms with Crippen molar-refractivity contribution in [1.29, 1.82) is 0 Å². The predicted molar refractivity (Wildman–Crippen MR) is 176 cm³/mol. The minimum absolute atomic E-state index is 0.154. The second-order valence-electron chi connectivity index (χ2n) is 12.2. The summed E-state index contributed by atoms with van der Waals surface area (Å²) in [6.45, 7) is 5.65. The standard InChI is InChI=1S/C39H37NO5/c1-22-9-27-17-29-11-23(2)13-31(37(29)43)19-33-15-26(25-7-5-4-6-8-25)16-34(39(33)45-21-35(40)41)20-32-14-24(3)12-30(38(32)44)18-28(10-22)36(27)42/h4-16,42-44H,17-21H2,1-3H3,(H2,40,41). The molecule has 1 aliphatic carbocycles. The van der Waals surface area contributed by atoms with Crippen LogP contribution in [-0.4, -0.2) is 27.8 Å². The van der Waals surface area contributed by atoms with E-state index in [2.05, 4.69) is 0 Å². The second-order valence-corrected chi connectivity index (χ2v) is 12.2. The zero-order valence-electron chi connectivity index (χ0n) is 25.8. The van der Waals surface area contributed by atoms with Crippen LogP contribution >= 0.6 is 0 Å². The lowest BCUT2D eigenvalue weighted by Gasteiger charge is -2.21. The molecule has 0 fully saturated rings. The van der Waals surface area contributed by atoms with E-state index in [1.54, 1.807) is 0 Å². The largest absolute Gasteiger partial charge is 0.507 e. The maximum atomic E-state index is 11.9.